The van der Waals surface area contributed by atoms with Gasteiger partial charge in [0.25, 0.3) is 0 Å². The highest BCUT2D eigenvalue weighted by molar-refractivity contribution is 5.79. The van der Waals surface area contributed by atoms with E-state index >= 15 is 0 Å². The van der Waals surface area contributed by atoms with Crippen LogP contribution in [0.4, 0.5) is 0 Å². The maximum atomic E-state index is 11.9. The van der Waals surface area contributed by atoms with E-state index in [9.17, 15) is 4.79 Å². The van der Waals surface area contributed by atoms with Crippen LogP contribution < -0.4 is 0 Å². The van der Waals surface area contributed by atoms with E-state index in [1.807, 2.05) is 7.11 Å². The van der Waals surface area contributed by atoms with Crippen LogP contribution >= 0.6 is 0 Å². The number of allylic oxidation sites excluding steroid dienone is 1. The van der Waals surface area contributed by atoms with Gasteiger partial charge in [-0.05, 0) is 67.6 Å². The molecular formula is C20H30O2. The summed E-state index contributed by atoms with van der Waals surface area (Å²) in [6.07, 6.45) is 14.3. The van der Waals surface area contributed by atoms with Gasteiger partial charge in [-0.1, -0.05) is 19.1 Å². The molecule has 0 aromatic carbocycles. The number of carbonyl (C=O) groups is 1. The average Bonchev–Trinajstić information content (AvgIpc) is 2.92. The molecule has 0 aromatic rings. The molecule has 2 heteroatoms. The van der Waals surface area contributed by atoms with Crippen molar-refractivity contribution in [1.29, 1.82) is 0 Å². The molecule has 0 spiro atoms. The van der Waals surface area contributed by atoms with E-state index in [4.69, 9.17) is 4.74 Å². The van der Waals surface area contributed by atoms with Crippen LogP contribution in [0.25, 0.3) is 0 Å². The third kappa shape index (κ3) is 1.99. The maximum absolute atomic E-state index is 11.9. The fraction of sp³-hybridized carbons (Fsp3) is 0.850. The summed E-state index contributed by atoms with van der Waals surface area (Å²) in [7, 11) is 1.86. The SMILES string of the molecule is COC[C@@]12C=CC[C@H]1[C@@H]1CC[C@H]3CC(=O)CC[C@]3(C)[C@H]1CC2. The van der Waals surface area contributed by atoms with E-state index in [1.165, 1.54) is 32.1 Å². The molecule has 2 nitrogen and oxygen atoms in total. The van der Waals surface area contributed by atoms with Crippen molar-refractivity contribution in [2.45, 2.75) is 58.3 Å². The molecule has 22 heavy (non-hydrogen) atoms. The molecule has 0 saturated heterocycles. The van der Waals surface area contributed by atoms with Gasteiger partial charge in [0.1, 0.15) is 5.78 Å². The second-order valence-electron chi connectivity index (χ2n) is 8.74. The monoisotopic (exact) mass is 302 g/mol. The van der Waals surface area contributed by atoms with E-state index in [1.54, 1.807) is 0 Å². The molecule has 0 heterocycles. The Kier molecular flexibility index (Phi) is 3.52. The number of methoxy groups -OCH3 is 1. The molecule has 122 valence electrons. The summed E-state index contributed by atoms with van der Waals surface area (Å²) in [5.74, 6) is 3.68. The molecule has 0 radical (unpaired) electrons. The molecular weight excluding hydrogens is 272 g/mol. The number of hydrogen-bond donors (Lipinski definition) is 0. The van der Waals surface area contributed by atoms with Crippen LogP contribution in [0, 0.1) is 34.5 Å². The lowest BCUT2D eigenvalue weighted by Crippen LogP contribution is -2.54. The Labute approximate surface area is 134 Å². The third-order valence-corrected chi connectivity index (χ3v) is 7.99. The minimum absolute atomic E-state index is 0.323. The molecule has 4 aliphatic rings. The third-order valence-electron chi connectivity index (χ3n) is 7.99. The topological polar surface area (TPSA) is 26.3 Å². The molecule has 4 rings (SSSR count). The first-order valence-electron chi connectivity index (χ1n) is 9.27. The number of hydrogen-bond acceptors (Lipinski definition) is 2. The summed E-state index contributed by atoms with van der Waals surface area (Å²) in [4.78, 5) is 11.9. The predicted molar refractivity (Wildman–Crippen MR) is 87.5 cm³/mol. The summed E-state index contributed by atoms with van der Waals surface area (Å²) in [5, 5.41) is 0. The average molecular weight is 302 g/mol. The van der Waals surface area contributed by atoms with Crippen molar-refractivity contribution in [2.75, 3.05) is 13.7 Å². The van der Waals surface area contributed by atoms with Gasteiger partial charge in [-0.15, -0.1) is 0 Å². The van der Waals surface area contributed by atoms with Crippen LogP contribution in [0.1, 0.15) is 58.3 Å². The van der Waals surface area contributed by atoms with Gasteiger partial charge in [0.2, 0.25) is 0 Å². The van der Waals surface area contributed by atoms with Crippen LogP contribution in [-0.4, -0.2) is 19.5 Å². The standard InChI is InChI=1S/C20H30O2/c1-19-10-7-15(21)12-14(19)5-6-16-17(19)8-11-20(13-22-2)9-3-4-18(16)20/h3,9,14,16-18H,4-8,10-13H2,1-2H3/t14-,16+,17-,18-,19-,20-/m0/s1. The Morgan fingerprint density at radius 3 is 2.91 bits per heavy atom. The Balaban J connectivity index is 1.62. The van der Waals surface area contributed by atoms with Gasteiger partial charge in [-0.25, -0.2) is 0 Å². The van der Waals surface area contributed by atoms with Crippen molar-refractivity contribution < 1.29 is 9.53 Å². The summed E-state index contributed by atoms with van der Waals surface area (Å²) in [5.41, 5.74) is 0.752. The van der Waals surface area contributed by atoms with Gasteiger partial charge in [-0.3, -0.25) is 4.79 Å². The molecule has 4 aliphatic carbocycles. The number of rotatable bonds is 2. The highest BCUT2D eigenvalue weighted by Gasteiger charge is 2.58. The molecule has 0 unspecified atom stereocenters. The minimum atomic E-state index is 0.323. The summed E-state index contributed by atoms with van der Waals surface area (Å²) in [6, 6.07) is 0. The van der Waals surface area contributed by atoms with Crippen LogP contribution in [0.15, 0.2) is 12.2 Å². The first kappa shape index (κ1) is 14.9. The van der Waals surface area contributed by atoms with Gasteiger partial charge in [0, 0.05) is 25.4 Å². The van der Waals surface area contributed by atoms with Crippen LogP contribution in [0.2, 0.25) is 0 Å². The van der Waals surface area contributed by atoms with Gasteiger partial charge in [0.05, 0.1) is 6.61 Å². The van der Waals surface area contributed by atoms with Crippen molar-refractivity contribution in [1.82, 2.24) is 0 Å². The first-order valence-corrected chi connectivity index (χ1v) is 9.27. The van der Waals surface area contributed by atoms with E-state index in [0.717, 1.165) is 43.6 Å². The van der Waals surface area contributed by atoms with E-state index in [0.29, 0.717) is 22.5 Å². The highest BCUT2D eigenvalue weighted by Crippen LogP contribution is 2.64. The molecule has 3 saturated carbocycles. The number of ether oxygens (including phenoxy) is 1. The molecule has 0 N–H and O–H groups in total. The lowest BCUT2D eigenvalue weighted by Gasteiger charge is -2.60. The Hall–Kier alpha value is -0.630. The molecule has 3 fully saturated rings. The normalized spacial score (nSPS) is 50.4. The van der Waals surface area contributed by atoms with E-state index < -0.39 is 0 Å². The van der Waals surface area contributed by atoms with Crippen molar-refractivity contribution >= 4 is 5.78 Å². The van der Waals surface area contributed by atoms with Gasteiger partial charge in [-0.2, -0.15) is 0 Å². The van der Waals surface area contributed by atoms with Gasteiger partial charge < -0.3 is 4.74 Å². The molecule has 0 aromatic heterocycles. The largest absolute Gasteiger partial charge is 0.384 e. The predicted octanol–water partition coefficient (Wildman–Crippen LogP) is 4.39. The second-order valence-corrected chi connectivity index (χ2v) is 8.74. The summed E-state index contributed by atoms with van der Waals surface area (Å²) < 4.78 is 5.62. The lowest BCUT2D eigenvalue weighted by atomic mass is 9.45. The lowest BCUT2D eigenvalue weighted by molar-refractivity contribution is -0.139. The van der Waals surface area contributed by atoms with Gasteiger partial charge in [0.15, 0.2) is 0 Å². The molecule has 0 amide bonds. The van der Waals surface area contributed by atoms with Crippen LogP contribution in [0.3, 0.4) is 0 Å². The first-order chi connectivity index (χ1) is 10.6. The zero-order valence-corrected chi connectivity index (χ0v) is 14.1. The van der Waals surface area contributed by atoms with Crippen LogP contribution in [0.5, 0.6) is 0 Å². The highest BCUT2D eigenvalue weighted by atomic mass is 16.5. The maximum Gasteiger partial charge on any atom is 0.133 e. The quantitative estimate of drug-likeness (QED) is 0.707. The second kappa shape index (κ2) is 5.19. The van der Waals surface area contributed by atoms with Crippen molar-refractivity contribution in [2.24, 2.45) is 34.5 Å². The van der Waals surface area contributed by atoms with E-state index in [-0.39, 0.29) is 0 Å². The number of ketones is 1. The summed E-state index contributed by atoms with van der Waals surface area (Å²) in [6.45, 7) is 3.42. The number of carbonyl (C=O) groups excluding carboxylic acids is 1. The van der Waals surface area contributed by atoms with Gasteiger partial charge >= 0.3 is 0 Å². The molecule has 0 bridgehead atoms. The van der Waals surface area contributed by atoms with Crippen molar-refractivity contribution in [3.63, 3.8) is 0 Å². The Bertz CT molecular complexity index is 496. The Morgan fingerprint density at radius 2 is 2.09 bits per heavy atom. The van der Waals surface area contributed by atoms with Crippen molar-refractivity contribution in [3.8, 4) is 0 Å². The fourth-order valence-corrected chi connectivity index (χ4v) is 6.85. The van der Waals surface area contributed by atoms with E-state index in [2.05, 4.69) is 19.1 Å². The number of Topliss-reactive ketones (excluding diaryl/α,β-unsaturated/α-hetero) is 1. The smallest absolute Gasteiger partial charge is 0.133 e. The molecule has 0 aliphatic heterocycles. The van der Waals surface area contributed by atoms with Crippen molar-refractivity contribution in [3.05, 3.63) is 12.2 Å². The number of fused-ring (bicyclic) bond motifs is 5. The zero-order valence-electron chi connectivity index (χ0n) is 14.1. The fourth-order valence-electron chi connectivity index (χ4n) is 6.85. The Morgan fingerprint density at radius 1 is 1.23 bits per heavy atom. The van der Waals surface area contributed by atoms with Crippen LogP contribution in [-0.2, 0) is 9.53 Å². The molecule has 6 atom stereocenters. The minimum Gasteiger partial charge on any atom is -0.384 e. The summed E-state index contributed by atoms with van der Waals surface area (Å²) >= 11 is 0. The zero-order chi connectivity index (χ0) is 15.4.